The fraction of sp³-hybridized carbons (Fsp3) is 0.286. The molecule has 0 aromatic heterocycles. The Morgan fingerprint density at radius 3 is 3.06 bits per heavy atom. The average Bonchev–Trinajstić information content (AvgIpc) is 2.42. The number of nitrogens with zero attached hydrogens (tertiary/aromatic N) is 1. The van der Waals surface area contributed by atoms with Gasteiger partial charge in [-0.25, -0.2) is 4.79 Å². The average molecular weight is 245 g/mol. The van der Waals surface area contributed by atoms with Crippen LogP contribution in [0.5, 0.6) is 0 Å². The van der Waals surface area contributed by atoms with Crippen molar-refractivity contribution >= 4 is 5.97 Å². The van der Waals surface area contributed by atoms with E-state index in [1.165, 1.54) is 0 Å². The van der Waals surface area contributed by atoms with Gasteiger partial charge >= 0.3 is 5.97 Å². The lowest BCUT2D eigenvalue weighted by Crippen LogP contribution is -2.23. The zero-order valence-electron chi connectivity index (χ0n) is 10.3. The van der Waals surface area contributed by atoms with Gasteiger partial charge in [0, 0.05) is 0 Å². The third kappa shape index (κ3) is 4.40. The minimum absolute atomic E-state index is 0.135. The third-order valence-electron chi connectivity index (χ3n) is 2.23. The summed E-state index contributed by atoms with van der Waals surface area (Å²) in [5.41, 5.74) is 1.32. The van der Waals surface area contributed by atoms with Crippen LogP contribution in [0.4, 0.5) is 0 Å². The van der Waals surface area contributed by atoms with Crippen molar-refractivity contribution < 1.29 is 14.3 Å². The van der Waals surface area contributed by atoms with E-state index in [4.69, 9.17) is 14.7 Å². The lowest BCUT2D eigenvalue weighted by atomic mass is 10.1. The first-order valence-corrected chi connectivity index (χ1v) is 5.55. The first-order valence-electron chi connectivity index (χ1n) is 5.55. The second kappa shape index (κ2) is 7.25. The molecule has 0 N–H and O–H groups in total. The molecule has 18 heavy (non-hydrogen) atoms. The maximum Gasteiger partial charge on any atom is 0.335 e. The summed E-state index contributed by atoms with van der Waals surface area (Å²) in [5, 5.41) is 8.74. The summed E-state index contributed by atoms with van der Waals surface area (Å²) in [7, 11) is 0. The van der Waals surface area contributed by atoms with Crippen LogP contribution in [0, 0.1) is 11.3 Å². The number of nitriles is 1. The normalized spacial score (nSPS) is 11.3. The SMILES string of the molecule is C=CCOC(C)C(=O)OCc1cccc(C#N)c1. The Morgan fingerprint density at radius 1 is 1.61 bits per heavy atom. The highest BCUT2D eigenvalue weighted by molar-refractivity contribution is 5.74. The quantitative estimate of drug-likeness (QED) is 0.569. The van der Waals surface area contributed by atoms with Gasteiger partial charge in [0.2, 0.25) is 0 Å². The zero-order valence-corrected chi connectivity index (χ0v) is 10.3. The van der Waals surface area contributed by atoms with E-state index in [0.29, 0.717) is 12.2 Å². The van der Waals surface area contributed by atoms with E-state index in [-0.39, 0.29) is 6.61 Å². The molecule has 0 aliphatic heterocycles. The summed E-state index contributed by atoms with van der Waals surface area (Å²) in [6.45, 7) is 5.56. The molecule has 0 bridgehead atoms. The van der Waals surface area contributed by atoms with E-state index >= 15 is 0 Å². The van der Waals surface area contributed by atoms with Gasteiger partial charge in [0.05, 0.1) is 18.2 Å². The number of hydrogen-bond donors (Lipinski definition) is 0. The highest BCUT2D eigenvalue weighted by Gasteiger charge is 2.14. The minimum atomic E-state index is -0.623. The molecule has 0 radical (unpaired) electrons. The fourth-order valence-electron chi connectivity index (χ4n) is 1.28. The Hall–Kier alpha value is -2.12. The van der Waals surface area contributed by atoms with Gasteiger partial charge in [-0.15, -0.1) is 6.58 Å². The Labute approximate surface area is 106 Å². The number of rotatable bonds is 6. The summed E-state index contributed by atoms with van der Waals surface area (Å²) in [6, 6.07) is 8.95. The molecular formula is C14H15NO3. The van der Waals surface area contributed by atoms with Crippen molar-refractivity contribution in [1.29, 1.82) is 5.26 Å². The van der Waals surface area contributed by atoms with Crippen LogP contribution in [-0.2, 0) is 20.9 Å². The number of ether oxygens (including phenoxy) is 2. The molecule has 4 heteroatoms. The van der Waals surface area contributed by atoms with Gasteiger partial charge in [0.25, 0.3) is 0 Å². The molecule has 1 atom stereocenters. The van der Waals surface area contributed by atoms with Crippen molar-refractivity contribution in [3.8, 4) is 6.07 Å². The summed E-state index contributed by atoms with van der Waals surface area (Å²) >= 11 is 0. The predicted molar refractivity (Wildman–Crippen MR) is 66.6 cm³/mol. The van der Waals surface area contributed by atoms with Gasteiger partial charge in [-0.2, -0.15) is 5.26 Å². The largest absolute Gasteiger partial charge is 0.459 e. The Bertz CT molecular complexity index is 462. The first kappa shape index (κ1) is 13.9. The number of carbonyl (C=O) groups excluding carboxylic acids is 1. The maximum absolute atomic E-state index is 11.5. The molecule has 0 amide bonds. The maximum atomic E-state index is 11.5. The van der Waals surface area contributed by atoms with Gasteiger partial charge in [-0.3, -0.25) is 0 Å². The van der Waals surface area contributed by atoms with Crippen molar-refractivity contribution in [3.05, 3.63) is 48.0 Å². The summed E-state index contributed by atoms with van der Waals surface area (Å²) in [5.74, 6) is -0.431. The highest BCUT2D eigenvalue weighted by Crippen LogP contribution is 2.06. The second-order valence-electron chi connectivity index (χ2n) is 3.68. The molecule has 1 aromatic rings. The molecule has 0 aliphatic rings. The Kier molecular flexibility index (Phi) is 5.62. The van der Waals surface area contributed by atoms with Gasteiger partial charge in [-0.1, -0.05) is 18.2 Å². The number of hydrogen-bond acceptors (Lipinski definition) is 4. The van der Waals surface area contributed by atoms with Crippen LogP contribution in [0.1, 0.15) is 18.1 Å². The summed E-state index contributed by atoms with van der Waals surface area (Å²) in [4.78, 5) is 11.5. The van der Waals surface area contributed by atoms with Crippen molar-refractivity contribution in [2.75, 3.05) is 6.61 Å². The smallest absolute Gasteiger partial charge is 0.335 e. The number of carbonyl (C=O) groups is 1. The molecule has 0 aliphatic carbocycles. The Balaban J connectivity index is 2.47. The van der Waals surface area contributed by atoms with E-state index in [0.717, 1.165) is 5.56 Å². The van der Waals surface area contributed by atoms with E-state index in [1.807, 2.05) is 6.07 Å². The Morgan fingerprint density at radius 2 is 2.39 bits per heavy atom. The second-order valence-corrected chi connectivity index (χ2v) is 3.68. The zero-order chi connectivity index (χ0) is 13.4. The van der Waals surface area contributed by atoms with Gasteiger partial charge in [-0.05, 0) is 24.6 Å². The topological polar surface area (TPSA) is 59.3 Å². The standard InChI is InChI=1S/C14H15NO3/c1-3-7-17-11(2)14(16)18-10-13-6-4-5-12(8-13)9-15/h3-6,8,11H,1,7,10H2,2H3. The molecule has 0 spiro atoms. The summed E-state index contributed by atoms with van der Waals surface area (Å²) < 4.78 is 10.2. The van der Waals surface area contributed by atoms with Crippen LogP contribution in [0.15, 0.2) is 36.9 Å². The fourth-order valence-corrected chi connectivity index (χ4v) is 1.28. The lowest BCUT2D eigenvalue weighted by Gasteiger charge is -2.11. The van der Waals surface area contributed by atoms with Gasteiger partial charge < -0.3 is 9.47 Å². The molecule has 0 fully saturated rings. The molecule has 4 nitrogen and oxygen atoms in total. The number of esters is 1. The minimum Gasteiger partial charge on any atom is -0.459 e. The van der Waals surface area contributed by atoms with Crippen molar-refractivity contribution in [2.45, 2.75) is 19.6 Å². The van der Waals surface area contributed by atoms with E-state index in [2.05, 4.69) is 6.58 Å². The number of benzene rings is 1. The van der Waals surface area contributed by atoms with Crippen LogP contribution >= 0.6 is 0 Å². The molecular weight excluding hydrogens is 230 g/mol. The van der Waals surface area contributed by atoms with Crippen molar-refractivity contribution in [1.82, 2.24) is 0 Å². The van der Waals surface area contributed by atoms with Crippen LogP contribution in [-0.4, -0.2) is 18.7 Å². The monoisotopic (exact) mass is 245 g/mol. The van der Waals surface area contributed by atoms with E-state index in [1.54, 1.807) is 37.3 Å². The van der Waals surface area contributed by atoms with Crippen LogP contribution in [0.25, 0.3) is 0 Å². The van der Waals surface area contributed by atoms with Crippen LogP contribution < -0.4 is 0 Å². The third-order valence-corrected chi connectivity index (χ3v) is 2.23. The molecule has 1 unspecified atom stereocenters. The van der Waals surface area contributed by atoms with Crippen molar-refractivity contribution in [2.24, 2.45) is 0 Å². The molecule has 0 heterocycles. The highest BCUT2D eigenvalue weighted by atomic mass is 16.6. The van der Waals surface area contributed by atoms with Crippen LogP contribution in [0.3, 0.4) is 0 Å². The molecule has 0 saturated carbocycles. The van der Waals surface area contributed by atoms with E-state index in [9.17, 15) is 4.79 Å². The first-order chi connectivity index (χ1) is 8.67. The lowest BCUT2D eigenvalue weighted by molar-refractivity contribution is -0.156. The molecule has 1 aromatic carbocycles. The summed E-state index contributed by atoms with van der Waals surface area (Å²) in [6.07, 6.45) is 0.947. The molecule has 1 rings (SSSR count). The molecule has 94 valence electrons. The van der Waals surface area contributed by atoms with Crippen LogP contribution in [0.2, 0.25) is 0 Å². The van der Waals surface area contributed by atoms with Gasteiger partial charge in [0.1, 0.15) is 6.61 Å². The predicted octanol–water partition coefficient (Wildman–Crippen LogP) is 2.19. The van der Waals surface area contributed by atoms with Gasteiger partial charge in [0.15, 0.2) is 6.10 Å². The molecule has 0 saturated heterocycles. The van der Waals surface area contributed by atoms with E-state index < -0.39 is 12.1 Å². The van der Waals surface area contributed by atoms with Crippen molar-refractivity contribution in [3.63, 3.8) is 0 Å².